The molecule has 124 valence electrons. The number of aromatic amines is 1. The number of benzene rings is 1. The summed E-state index contributed by atoms with van der Waals surface area (Å²) < 4.78 is 14.2. The molecule has 0 saturated carbocycles. The van der Waals surface area contributed by atoms with E-state index in [4.69, 9.17) is 11.6 Å². The number of nitrogens with zero attached hydrogens (tertiary/aromatic N) is 1. The highest BCUT2D eigenvalue weighted by atomic mass is 35.5. The second-order valence-corrected chi connectivity index (χ2v) is 7.06. The molecule has 4 nitrogen and oxygen atoms in total. The van der Waals surface area contributed by atoms with Gasteiger partial charge in [-0.25, -0.2) is 4.39 Å². The molecular weight excluding hydrogens is 351 g/mol. The minimum absolute atomic E-state index is 0.192. The van der Waals surface area contributed by atoms with Gasteiger partial charge in [0.25, 0.3) is 5.91 Å². The highest BCUT2D eigenvalue weighted by Gasteiger charge is 2.19. The zero-order valence-electron chi connectivity index (χ0n) is 12.8. The quantitative estimate of drug-likeness (QED) is 0.759. The number of amides is 1. The Hall–Kier alpha value is -2.18. The van der Waals surface area contributed by atoms with Crippen LogP contribution in [0.25, 0.3) is 10.9 Å². The molecule has 0 bridgehead atoms. The molecule has 24 heavy (non-hydrogen) atoms. The monoisotopic (exact) mass is 364 g/mol. The third-order valence-electron chi connectivity index (χ3n) is 3.68. The summed E-state index contributed by atoms with van der Waals surface area (Å²) in [5, 5.41) is 0.391. The third-order valence-corrected chi connectivity index (χ3v) is 4.90. The largest absolute Gasteiger partial charge is 0.334 e. The van der Waals surface area contributed by atoms with Gasteiger partial charge in [0.2, 0.25) is 5.56 Å². The van der Waals surface area contributed by atoms with Crippen LogP contribution in [0.4, 0.5) is 4.39 Å². The fraction of sp³-hybridized carbons (Fsp3) is 0.176. The van der Waals surface area contributed by atoms with Gasteiger partial charge in [0.05, 0.1) is 16.4 Å². The van der Waals surface area contributed by atoms with Crippen molar-refractivity contribution in [3.05, 3.63) is 67.3 Å². The lowest BCUT2D eigenvalue weighted by Crippen LogP contribution is -2.31. The maximum Gasteiger partial charge on any atom is 0.255 e. The first-order valence-corrected chi connectivity index (χ1v) is 8.53. The van der Waals surface area contributed by atoms with Crippen LogP contribution in [0.1, 0.15) is 22.2 Å². The zero-order valence-corrected chi connectivity index (χ0v) is 14.4. The van der Waals surface area contributed by atoms with E-state index in [-0.39, 0.29) is 11.5 Å². The van der Waals surface area contributed by atoms with Crippen molar-refractivity contribution < 1.29 is 9.18 Å². The maximum absolute atomic E-state index is 13.6. The molecule has 0 spiro atoms. The molecule has 0 fully saturated rings. The van der Waals surface area contributed by atoms with Gasteiger partial charge in [0.15, 0.2) is 0 Å². The number of halogens is 2. The van der Waals surface area contributed by atoms with Crippen LogP contribution in [0.15, 0.2) is 41.2 Å². The van der Waals surface area contributed by atoms with Crippen LogP contribution < -0.4 is 5.56 Å². The number of thiophene rings is 1. The van der Waals surface area contributed by atoms with Crippen LogP contribution in [0.2, 0.25) is 4.34 Å². The summed E-state index contributed by atoms with van der Waals surface area (Å²) in [6, 6.07) is 8.81. The number of nitrogens with one attached hydrogen (secondary N) is 1. The summed E-state index contributed by atoms with van der Waals surface area (Å²) in [5.41, 5.74) is 0.230. The number of hydrogen-bond donors (Lipinski definition) is 1. The Balaban J connectivity index is 2.02. The lowest BCUT2D eigenvalue weighted by atomic mass is 10.1. The highest BCUT2D eigenvalue weighted by Crippen LogP contribution is 2.24. The van der Waals surface area contributed by atoms with Crippen LogP contribution in [0.3, 0.4) is 0 Å². The Labute approximate surface area is 146 Å². The summed E-state index contributed by atoms with van der Waals surface area (Å²) in [5.74, 6) is -0.777. The lowest BCUT2D eigenvalue weighted by molar-refractivity contribution is 0.0756. The molecular formula is C17H14ClFN2O2S. The van der Waals surface area contributed by atoms with Crippen molar-refractivity contribution >= 4 is 39.7 Å². The van der Waals surface area contributed by atoms with E-state index in [0.717, 1.165) is 4.88 Å². The first-order chi connectivity index (χ1) is 11.5. The molecule has 2 aromatic heterocycles. The first-order valence-electron chi connectivity index (χ1n) is 7.34. The van der Waals surface area contributed by atoms with Gasteiger partial charge in [-0.05, 0) is 37.3 Å². The van der Waals surface area contributed by atoms with Crippen molar-refractivity contribution in [2.24, 2.45) is 0 Å². The molecule has 0 aliphatic carbocycles. The highest BCUT2D eigenvalue weighted by molar-refractivity contribution is 7.16. The van der Waals surface area contributed by atoms with Crippen molar-refractivity contribution in [1.82, 2.24) is 9.88 Å². The Morgan fingerprint density at radius 1 is 1.29 bits per heavy atom. The fourth-order valence-electron chi connectivity index (χ4n) is 2.53. The molecule has 1 aromatic carbocycles. The summed E-state index contributed by atoms with van der Waals surface area (Å²) in [6.07, 6.45) is 0. The van der Waals surface area contributed by atoms with E-state index >= 15 is 0 Å². The molecule has 0 saturated heterocycles. The third kappa shape index (κ3) is 3.34. The van der Waals surface area contributed by atoms with Gasteiger partial charge in [-0.3, -0.25) is 9.59 Å². The Morgan fingerprint density at radius 2 is 2.08 bits per heavy atom. The van der Waals surface area contributed by atoms with Crippen LogP contribution in [-0.2, 0) is 6.54 Å². The predicted molar refractivity (Wildman–Crippen MR) is 94.3 cm³/mol. The molecule has 0 unspecified atom stereocenters. The van der Waals surface area contributed by atoms with Crippen LogP contribution in [0.5, 0.6) is 0 Å². The van der Waals surface area contributed by atoms with Gasteiger partial charge in [-0.2, -0.15) is 0 Å². The average Bonchev–Trinajstić information content (AvgIpc) is 2.96. The van der Waals surface area contributed by atoms with E-state index in [1.165, 1.54) is 35.6 Å². The normalized spacial score (nSPS) is 11.0. The van der Waals surface area contributed by atoms with Gasteiger partial charge >= 0.3 is 0 Å². The van der Waals surface area contributed by atoms with Gasteiger partial charge in [0.1, 0.15) is 5.82 Å². The Morgan fingerprint density at radius 3 is 2.75 bits per heavy atom. The van der Waals surface area contributed by atoms with Gasteiger partial charge in [-0.1, -0.05) is 11.6 Å². The number of carbonyl (C=O) groups is 1. The standard InChI is InChI=1S/C17H14ClFN2O2S/c1-2-21(9-11-4-6-15(18)24-11)17(23)13-8-16(22)20-14-5-3-10(19)7-12(13)14/h3-8H,2,9H2,1H3,(H,20,22). The number of rotatable bonds is 4. The molecule has 7 heteroatoms. The summed E-state index contributed by atoms with van der Waals surface area (Å²) in [6.45, 7) is 2.69. The Kier molecular flexibility index (Phi) is 4.69. The molecule has 0 aliphatic rings. The summed E-state index contributed by atoms with van der Waals surface area (Å²) >= 11 is 7.32. The first kappa shape index (κ1) is 16.7. The van der Waals surface area contributed by atoms with E-state index in [9.17, 15) is 14.0 Å². The van der Waals surface area contributed by atoms with Crippen molar-refractivity contribution in [3.8, 4) is 0 Å². The number of fused-ring (bicyclic) bond motifs is 1. The summed E-state index contributed by atoms with van der Waals surface area (Å²) in [7, 11) is 0. The van der Waals surface area contributed by atoms with Gasteiger partial charge in [0, 0.05) is 28.4 Å². The zero-order chi connectivity index (χ0) is 17.3. The minimum Gasteiger partial charge on any atom is -0.334 e. The van der Waals surface area contributed by atoms with Crippen molar-refractivity contribution in [1.29, 1.82) is 0 Å². The fourth-order valence-corrected chi connectivity index (χ4v) is 3.63. The molecule has 2 heterocycles. The van der Waals surface area contributed by atoms with Crippen molar-refractivity contribution in [3.63, 3.8) is 0 Å². The van der Waals surface area contributed by atoms with E-state index in [0.29, 0.717) is 28.3 Å². The van der Waals surface area contributed by atoms with Gasteiger partial charge < -0.3 is 9.88 Å². The smallest absolute Gasteiger partial charge is 0.255 e. The van der Waals surface area contributed by atoms with Crippen LogP contribution in [0, 0.1) is 5.82 Å². The number of aromatic nitrogens is 1. The maximum atomic E-state index is 13.6. The van der Waals surface area contributed by atoms with E-state index in [1.54, 1.807) is 11.0 Å². The van der Waals surface area contributed by atoms with E-state index in [2.05, 4.69) is 4.98 Å². The predicted octanol–water partition coefficient (Wildman–Crippen LogP) is 4.04. The van der Waals surface area contributed by atoms with Crippen LogP contribution in [-0.4, -0.2) is 22.3 Å². The Bertz CT molecular complexity index is 967. The van der Waals surface area contributed by atoms with Crippen LogP contribution >= 0.6 is 22.9 Å². The second kappa shape index (κ2) is 6.75. The van der Waals surface area contributed by atoms with Crippen molar-refractivity contribution in [2.75, 3.05) is 6.54 Å². The number of pyridine rings is 1. The number of carbonyl (C=O) groups excluding carboxylic acids is 1. The van der Waals surface area contributed by atoms with Crippen molar-refractivity contribution in [2.45, 2.75) is 13.5 Å². The van der Waals surface area contributed by atoms with E-state index < -0.39 is 11.4 Å². The molecule has 1 amide bonds. The van der Waals surface area contributed by atoms with E-state index in [1.807, 2.05) is 13.0 Å². The second-order valence-electron chi connectivity index (χ2n) is 5.26. The summed E-state index contributed by atoms with van der Waals surface area (Å²) in [4.78, 5) is 29.9. The molecule has 1 N–H and O–H groups in total. The van der Waals surface area contributed by atoms with Gasteiger partial charge in [-0.15, -0.1) is 11.3 Å². The lowest BCUT2D eigenvalue weighted by Gasteiger charge is -2.21. The molecule has 0 aliphatic heterocycles. The average molecular weight is 365 g/mol. The number of hydrogen-bond acceptors (Lipinski definition) is 3. The molecule has 0 atom stereocenters. The minimum atomic E-state index is -0.461. The SMILES string of the molecule is CCN(Cc1ccc(Cl)s1)C(=O)c1cc(=O)[nH]c2ccc(F)cc12. The number of H-pyrrole nitrogens is 1. The molecule has 0 radical (unpaired) electrons. The molecule has 3 aromatic rings. The molecule has 3 rings (SSSR count). The topological polar surface area (TPSA) is 53.2 Å².